The molecule has 2 fully saturated rings. The minimum Gasteiger partial charge on any atom is -0.480 e. The van der Waals surface area contributed by atoms with Crippen LogP contribution in [0.5, 0.6) is 0 Å². The number of nitrogens with zero attached hydrogens (tertiary/aromatic N) is 3. The van der Waals surface area contributed by atoms with E-state index < -0.39 is 42.4 Å². The van der Waals surface area contributed by atoms with Crippen LogP contribution in [0, 0.1) is 0 Å². The summed E-state index contributed by atoms with van der Waals surface area (Å²) in [4.78, 5) is 55.6. The van der Waals surface area contributed by atoms with E-state index in [4.69, 9.17) is 34.8 Å². The molecule has 1 aromatic rings. The zero-order valence-corrected chi connectivity index (χ0v) is 23.2. The average molecular weight is 689 g/mol. The number of urea groups is 1. The molecule has 6 N–H and O–H groups in total. The molecule has 0 radical (unpaired) electrons. The number of carboxylic acids is 4. The molecule has 0 saturated carbocycles. The molecule has 2 heterocycles. The number of aliphatic carboxylic acids is 4. The summed E-state index contributed by atoms with van der Waals surface area (Å²) in [6.07, 6.45) is -15.3. The number of carbonyl (C=O) groups excluding carboxylic acids is 1. The predicted octanol–water partition coefficient (Wildman–Crippen LogP) is 2.23. The number of carboxylic acid groups (broad SMARTS) is 4. The quantitative estimate of drug-likeness (QED) is 0.253. The van der Waals surface area contributed by atoms with Gasteiger partial charge >= 0.3 is 48.4 Å². The Morgan fingerprint density at radius 2 is 1.02 bits per heavy atom. The van der Waals surface area contributed by atoms with Gasteiger partial charge in [0.05, 0.1) is 6.54 Å². The van der Waals surface area contributed by atoms with Gasteiger partial charge in [-0.1, -0.05) is 0 Å². The highest BCUT2D eigenvalue weighted by atomic mass is 19.4. The first-order chi connectivity index (χ1) is 20.9. The molecule has 23 heteroatoms. The summed E-state index contributed by atoms with van der Waals surface area (Å²) in [5, 5.41) is 36.4. The molecule has 2 amide bonds. The van der Waals surface area contributed by atoms with Crippen LogP contribution in [-0.4, -0.2) is 138 Å². The first kappa shape index (κ1) is 41.5. The Kier molecular flexibility index (Phi) is 16.6. The van der Waals surface area contributed by atoms with Gasteiger partial charge in [-0.15, -0.1) is 0 Å². The smallest absolute Gasteiger partial charge is 0.480 e. The second-order valence-electron chi connectivity index (χ2n) is 8.78. The molecule has 2 aliphatic rings. The van der Waals surface area contributed by atoms with Crippen molar-refractivity contribution < 1.29 is 83.9 Å². The van der Waals surface area contributed by atoms with Gasteiger partial charge in [-0.05, 0) is 24.3 Å². The Morgan fingerprint density at radius 3 is 1.35 bits per heavy atom. The number of alkyl halides is 9. The van der Waals surface area contributed by atoms with E-state index in [-0.39, 0.29) is 12.6 Å². The van der Waals surface area contributed by atoms with Crippen LogP contribution < -0.4 is 15.5 Å². The van der Waals surface area contributed by atoms with Crippen molar-refractivity contribution in [2.75, 3.05) is 69.1 Å². The normalized spacial score (nSPS) is 15.4. The number of benzene rings is 1. The Hall–Kier alpha value is -4.54. The van der Waals surface area contributed by atoms with Crippen LogP contribution in [0.4, 0.5) is 55.7 Å². The molecule has 0 spiro atoms. The molecule has 0 aromatic heterocycles. The number of piperazine rings is 2. The minimum atomic E-state index is -5.08. The van der Waals surface area contributed by atoms with Gasteiger partial charge in [0.2, 0.25) is 0 Å². The molecule has 0 bridgehead atoms. The fourth-order valence-corrected chi connectivity index (χ4v) is 3.18. The summed E-state index contributed by atoms with van der Waals surface area (Å²) < 4.78 is 95.2. The molecule has 0 unspecified atom stereocenters. The number of rotatable bonds is 4. The van der Waals surface area contributed by atoms with E-state index in [0.29, 0.717) is 26.2 Å². The first-order valence-electron chi connectivity index (χ1n) is 12.4. The van der Waals surface area contributed by atoms with Crippen LogP contribution in [0.3, 0.4) is 0 Å². The molecule has 2 saturated heterocycles. The van der Waals surface area contributed by atoms with E-state index in [9.17, 15) is 49.1 Å². The van der Waals surface area contributed by atoms with Crippen molar-refractivity contribution in [2.24, 2.45) is 0 Å². The van der Waals surface area contributed by atoms with Crippen molar-refractivity contribution in [3.8, 4) is 0 Å². The Labute approximate surface area is 252 Å². The standard InChI is InChI=1S/C17H25N5O3.3C2HF3O2/c23-16(24)13-20-9-11-22(12-10-20)17(25)19-14-1-3-15(4-2-14)21-7-5-18-6-8-21;3*3-2(4,5)1(6)7/h1-4,18H,5-13H2,(H,19,25)(H,23,24);3*(H,6,7). The minimum absolute atomic E-state index is 0.0307. The van der Waals surface area contributed by atoms with Crippen molar-refractivity contribution in [3.05, 3.63) is 24.3 Å². The lowest BCUT2D eigenvalue weighted by Gasteiger charge is -2.33. The van der Waals surface area contributed by atoms with E-state index in [1.165, 1.54) is 5.69 Å². The summed E-state index contributed by atoms with van der Waals surface area (Å²) in [6, 6.07) is 7.79. The van der Waals surface area contributed by atoms with Crippen LogP contribution in [0.15, 0.2) is 24.3 Å². The predicted molar refractivity (Wildman–Crippen MR) is 137 cm³/mol. The largest absolute Gasteiger partial charge is 0.490 e. The number of nitrogens with one attached hydrogen (secondary N) is 2. The molecule has 3 rings (SSSR count). The third-order valence-electron chi connectivity index (χ3n) is 5.35. The number of amides is 2. The van der Waals surface area contributed by atoms with E-state index in [1.807, 2.05) is 29.2 Å². The highest BCUT2D eigenvalue weighted by molar-refractivity contribution is 5.89. The SMILES string of the molecule is O=C(O)C(F)(F)F.O=C(O)C(F)(F)F.O=C(O)C(F)(F)F.O=C(O)CN1CCN(C(=O)Nc2ccc(N3CCNCC3)cc2)CC1. The molecule has 0 atom stereocenters. The van der Waals surface area contributed by atoms with Crippen LogP contribution in [-0.2, 0) is 19.2 Å². The van der Waals surface area contributed by atoms with Crippen molar-refractivity contribution in [3.63, 3.8) is 0 Å². The fraction of sp³-hybridized carbons (Fsp3) is 0.522. The molecular formula is C23H28F9N5O9. The topological polar surface area (TPSA) is 200 Å². The molecule has 1 aromatic carbocycles. The van der Waals surface area contributed by atoms with Crippen molar-refractivity contribution in [2.45, 2.75) is 18.5 Å². The Bertz CT molecular complexity index is 1090. The Balaban J connectivity index is 0.000000786. The summed E-state index contributed by atoms with van der Waals surface area (Å²) in [5.41, 5.74) is 1.94. The lowest BCUT2D eigenvalue weighted by atomic mass is 10.2. The fourth-order valence-electron chi connectivity index (χ4n) is 3.18. The van der Waals surface area contributed by atoms with Crippen LogP contribution in [0.25, 0.3) is 0 Å². The van der Waals surface area contributed by atoms with E-state index in [1.54, 1.807) is 4.90 Å². The number of halogens is 9. The Morgan fingerprint density at radius 1 is 0.652 bits per heavy atom. The van der Waals surface area contributed by atoms with E-state index >= 15 is 0 Å². The third-order valence-corrected chi connectivity index (χ3v) is 5.35. The van der Waals surface area contributed by atoms with Gasteiger partial charge < -0.3 is 40.9 Å². The second kappa shape index (κ2) is 18.4. The highest BCUT2D eigenvalue weighted by Crippen LogP contribution is 2.19. The number of hydrogen-bond acceptors (Lipinski definition) is 8. The van der Waals surface area contributed by atoms with Crippen LogP contribution in [0.1, 0.15) is 0 Å². The zero-order chi connectivity index (χ0) is 35.9. The number of anilines is 2. The second-order valence-corrected chi connectivity index (χ2v) is 8.78. The zero-order valence-electron chi connectivity index (χ0n) is 23.2. The molecule has 2 aliphatic heterocycles. The lowest BCUT2D eigenvalue weighted by Crippen LogP contribution is -2.51. The van der Waals surface area contributed by atoms with Crippen LogP contribution in [0.2, 0.25) is 0 Å². The average Bonchev–Trinajstić information content (AvgIpc) is 2.93. The summed E-state index contributed by atoms with van der Waals surface area (Å²) in [7, 11) is 0. The van der Waals surface area contributed by atoms with Crippen LogP contribution >= 0.6 is 0 Å². The van der Waals surface area contributed by atoms with Gasteiger partial charge in [-0.3, -0.25) is 9.69 Å². The highest BCUT2D eigenvalue weighted by Gasteiger charge is 2.39. The maximum Gasteiger partial charge on any atom is 0.490 e. The number of carbonyl (C=O) groups is 5. The molecule has 262 valence electrons. The first-order valence-corrected chi connectivity index (χ1v) is 12.4. The number of hydrogen-bond donors (Lipinski definition) is 6. The van der Waals surface area contributed by atoms with Crippen molar-refractivity contribution in [1.82, 2.24) is 15.1 Å². The van der Waals surface area contributed by atoms with E-state index in [2.05, 4.69) is 15.5 Å². The van der Waals surface area contributed by atoms with Gasteiger partial charge in [0.1, 0.15) is 0 Å². The van der Waals surface area contributed by atoms with Crippen molar-refractivity contribution in [1.29, 1.82) is 0 Å². The maximum atomic E-state index is 12.3. The molecule has 46 heavy (non-hydrogen) atoms. The molecule has 14 nitrogen and oxygen atoms in total. The summed E-state index contributed by atoms with van der Waals surface area (Å²) >= 11 is 0. The monoisotopic (exact) mass is 689 g/mol. The van der Waals surface area contributed by atoms with E-state index in [0.717, 1.165) is 31.9 Å². The molecule has 0 aliphatic carbocycles. The summed E-state index contributed by atoms with van der Waals surface area (Å²) in [5.74, 6) is -9.10. The third kappa shape index (κ3) is 17.7. The van der Waals surface area contributed by atoms with Gasteiger partial charge in [0.25, 0.3) is 0 Å². The van der Waals surface area contributed by atoms with Gasteiger partial charge in [-0.25, -0.2) is 19.2 Å². The molecular weight excluding hydrogens is 661 g/mol. The van der Waals surface area contributed by atoms with Gasteiger partial charge in [-0.2, -0.15) is 39.5 Å². The van der Waals surface area contributed by atoms with Gasteiger partial charge in [0.15, 0.2) is 0 Å². The maximum absolute atomic E-state index is 12.3. The summed E-state index contributed by atoms with van der Waals surface area (Å²) in [6.45, 7) is 6.25. The van der Waals surface area contributed by atoms with Crippen molar-refractivity contribution >= 4 is 41.3 Å². The lowest BCUT2D eigenvalue weighted by molar-refractivity contribution is -0.193. The van der Waals surface area contributed by atoms with Gasteiger partial charge in [0, 0.05) is 63.7 Å².